The Kier molecular flexibility index (Phi) is 14.0. The molecule has 0 spiro atoms. The number of hydrogen-bond donors (Lipinski definition) is 0. The quantitative estimate of drug-likeness (QED) is 0.174. The number of rotatable bonds is 13. The van der Waals surface area contributed by atoms with Crippen LogP contribution in [0.1, 0.15) is 55.4 Å². The average Bonchev–Trinajstić information content (AvgIpc) is 3.18. The Hall–Kier alpha value is -4.36. The molecule has 0 saturated carbocycles. The van der Waals surface area contributed by atoms with Gasteiger partial charge in [-0.25, -0.2) is 0 Å². The zero-order valence-electron chi connectivity index (χ0n) is 27.0. The van der Waals surface area contributed by atoms with Crippen LogP contribution in [0.5, 0.6) is 0 Å². The smallest absolute Gasteiger partial charge is 0.304 e. The first-order chi connectivity index (χ1) is 21.8. The minimum Gasteiger partial charge on any atom is -0.465 e. The van der Waals surface area contributed by atoms with Gasteiger partial charge in [-0.2, -0.15) is 0 Å². The van der Waals surface area contributed by atoms with Gasteiger partial charge in [0.25, 0.3) is 0 Å². The zero-order chi connectivity index (χ0) is 35.6. The monoisotopic (exact) mass is 678 g/mol. The van der Waals surface area contributed by atoms with Crippen molar-refractivity contribution in [2.75, 3.05) is 19.8 Å². The van der Waals surface area contributed by atoms with Gasteiger partial charge in [-0.05, 0) is 0 Å². The van der Waals surface area contributed by atoms with Crippen LogP contribution in [0, 0.1) is 5.92 Å². The molecule has 2 aliphatic rings. The van der Waals surface area contributed by atoms with E-state index >= 15 is 0 Å². The highest BCUT2D eigenvalue weighted by Gasteiger charge is 2.64. The van der Waals surface area contributed by atoms with E-state index in [1.54, 1.807) is 0 Å². The Morgan fingerprint density at radius 2 is 0.979 bits per heavy atom. The summed E-state index contributed by atoms with van der Waals surface area (Å²) in [4.78, 5) is 96.4. The second kappa shape index (κ2) is 17.0. The number of ether oxygens (including phenoxy) is 11. The molecular formula is C28H38O19. The van der Waals surface area contributed by atoms with Crippen molar-refractivity contribution in [3.05, 3.63) is 0 Å². The first-order valence-electron chi connectivity index (χ1n) is 14.1. The van der Waals surface area contributed by atoms with Gasteiger partial charge in [-0.1, -0.05) is 0 Å². The highest BCUT2D eigenvalue weighted by molar-refractivity contribution is 5.69. The molecule has 264 valence electrons. The van der Waals surface area contributed by atoms with E-state index in [0.717, 1.165) is 55.4 Å². The Morgan fingerprint density at radius 1 is 0.511 bits per heavy atom. The Labute approximate surface area is 268 Å². The average molecular weight is 679 g/mol. The molecule has 2 fully saturated rings. The van der Waals surface area contributed by atoms with Gasteiger partial charge < -0.3 is 52.1 Å². The minimum atomic E-state index is -2.48. The standard InChI is InChI=1S/C28H38O19/c1-12(29)37-9-20-25(43-18(7)35)28(11-39-14(3)31,46-26(20)44-19(8)36)47-27-24(42-17(6)34)23(41-16(5)33)22(40-15(4)32)21(45-27)10-38-13(2)30/h20-27H,9-11H2,1-8H3. The van der Waals surface area contributed by atoms with E-state index in [1.807, 2.05) is 0 Å². The van der Waals surface area contributed by atoms with E-state index < -0.39 is 122 Å². The van der Waals surface area contributed by atoms with Gasteiger partial charge in [0.05, 0.1) is 5.92 Å². The van der Waals surface area contributed by atoms with Crippen LogP contribution >= 0.6 is 0 Å². The van der Waals surface area contributed by atoms with Crippen molar-refractivity contribution in [2.24, 2.45) is 5.92 Å². The normalized spacial score (nSPS) is 29.8. The van der Waals surface area contributed by atoms with Crippen LogP contribution in [-0.2, 0) is 90.5 Å². The Morgan fingerprint density at radius 3 is 1.47 bits per heavy atom. The van der Waals surface area contributed by atoms with Gasteiger partial charge in [-0.15, -0.1) is 0 Å². The lowest BCUT2D eigenvalue weighted by atomic mass is 9.96. The van der Waals surface area contributed by atoms with Crippen LogP contribution in [-0.4, -0.2) is 116 Å². The Balaban J connectivity index is 2.78. The largest absolute Gasteiger partial charge is 0.465 e. The highest BCUT2D eigenvalue weighted by atomic mass is 16.9. The number of hydrogen-bond acceptors (Lipinski definition) is 19. The third-order valence-corrected chi connectivity index (χ3v) is 6.28. The minimum absolute atomic E-state index is 0.574. The van der Waals surface area contributed by atoms with Crippen molar-refractivity contribution in [1.29, 1.82) is 0 Å². The predicted molar refractivity (Wildman–Crippen MR) is 145 cm³/mol. The number of esters is 8. The second-order valence-corrected chi connectivity index (χ2v) is 10.4. The zero-order valence-corrected chi connectivity index (χ0v) is 27.0. The van der Waals surface area contributed by atoms with Gasteiger partial charge >= 0.3 is 47.8 Å². The van der Waals surface area contributed by atoms with Gasteiger partial charge in [0.1, 0.15) is 25.9 Å². The van der Waals surface area contributed by atoms with E-state index in [0.29, 0.717) is 0 Å². The summed E-state index contributed by atoms with van der Waals surface area (Å²) >= 11 is 0. The van der Waals surface area contributed by atoms with Crippen LogP contribution in [0.3, 0.4) is 0 Å². The molecule has 0 aromatic rings. The fraction of sp³-hybridized carbons (Fsp3) is 0.714. The lowest BCUT2D eigenvalue weighted by molar-refractivity contribution is -0.390. The molecule has 0 aliphatic carbocycles. The fourth-order valence-corrected chi connectivity index (χ4v) is 4.76. The molecule has 19 nitrogen and oxygen atoms in total. The van der Waals surface area contributed by atoms with Gasteiger partial charge in [0.2, 0.25) is 18.4 Å². The van der Waals surface area contributed by atoms with E-state index in [4.69, 9.17) is 52.1 Å². The van der Waals surface area contributed by atoms with Crippen LogP contribution < -0.4 is 0 Å². The van der Waals surface area contributed by atoms with Crippen molar-refractivity contribution in [1.82, 2.24) is 0 Å². The lowest BCUT2D eigenvalue weighted by Crippen LogP contribution is -2.65. The van der Waals surface area contributed by atoms with Gasteiger partial charge in [0, 0.05) is 55.4 Å². The van der Waals surface area contributed by atoms with Gasteiger partial charge in [-0.3, -0.25) is 38.4 Å². The van der Waals surface area contributed by atoms with Gasteiger partial charge in [0.15, 0.2) is 24.4 Å². The van der Waals surface area contributed by atoms with E-state index in [9.17, 15) is 38.4 Å². The predicted octanol–water partition coefficient (Wildman–Crippen LogP) is -0.624. The SMILES string of the molecule is CC(=O)OCC1OC(OC2(COC(C)=O)OC(OC(C)=O)C(COC(C)=O)C2OC(C)=O)C(OC(C)=O)C(OC(C)=O)C1OC(C)=O. The van der Waals surface area contributed by atoms with Crippen LogP contribution in [0.2, 0.25) is 0 Å². The molecule has 0 amide bonds. The third-order valence-electron chi connectivity index (χ3n) is 6.28. The fourth-order valence-electron chi connectivity index (χ4n) is 4.76. The van der Waals surface area contributed by atoms with Crippen LogP contribution in [0.25, 0.3) is 0 Å². The molecular weight excluding hydrogens is 640 g/mol. The lowest BCUT2D eigenvalue weighted by Gasteiger charge is -2.46. The molecule has 0 radical (unpaired) electrons. The first-order valence-corrected chi connectivity index (χ1v) is 14.1. The van der Waals surface area contributed by atoms with Crippen LogP contribution in [0.15, 0.2) is 0 Å². The summed E-state index contributed by atoms with van der Waals surface area (Å²) in [6.45, 7) is 6.14. The van der Waals surface area contributed by atoms with Crippen molar-refractivity contribution in [3.8, 4) is 0 Å². The highest BCUT2D eigenvalue weighted by Crippen LogP contribution is 2.43. The molecule has 9 unspecified atom stereocenters. The molecule has 19 heteroatoms. The topological polar surface area (TPSA) is 238 Å². The molecule has 0 aromatic carbocycles. The summed E-state index contributed by atoms with van der Waals surface area (Å²) in [5, 5.41) is 0. The summed E-state index contributed by atoms with van der Waals surface area (Å²) < 4.78 is 60.3. The molecule has 2 heterocycles. The van der Waals surface area contributed by atoms with Crippen molar-refractivity contribution in [3.63, 3.8) is 0 Å². The van der Waals surface area contributed by atoms with Crippen molar-refractivity contribution in [2.45, 2.75) is 104 Å². The molecule has 0 bridgehead atoms. The molecule has 9 atom stereocenters. The molecule has 2 saturated heterocycles. The summed E-state index contributed by atoms with van der Waals surface area (Å²) in [5.74, 6) is -10.8. The number of carbonyl (C=O) groups excluding carboxylic acids is 8. The molecule has 0 N–H and O–H groups in total. The van der Waals surface area contributed by atoms with Crippen LogP contribution in [0.4, 0.5) is 0 Å². The summed E-state index contributed by atoms with van der Waals surface area (Å²) in [5.41, 5.74) is 0. The summed E-state index contributed by atoms with van der Waals surface area (Å²) in [6.07, 6.45) is -11.8. The van der Waals surface area contributed by atoms with Crippen molar-refractivity contribution < 1.29 is 90.5 Å². The summed E-state index contributed by atoms with van der Waals surface area (Å²) in [6, 6.07) is 0. The summed E-state index contributed by atoms with van der Waals surface area (Å²) in [7, 11) is 0. The molecule has 0 aromatic heterocycles. The molecule has 2 aliphatic heterocycles. The Bertz CT molecular complexity index is 1210. The molecule has 2 rings (SSSR count). The van der Waals surface area contributed by atoms with E-state index in [2.05, 4.69) is 0 Å². The second-order valence-electron chi connectivity index (χ2n) is 10.4. The maximum Gasteiger partial charge on any atom is 0.304 e. The molecule has 47 heavy (non-hydrogen) atoms. The van der Waals surface area contributed by atoms with E-state index in [1.165, 1.54) is 0 Å². The third kappa shape index (κ3) is 11.4. The van der Waals surface area contributed by atoms with E-state index in [-0.39, 0.29) is 0 Å². The first kappa shape index (κ1) is 38.8. The van der Waals surface area contributed by atoms with Crippen molar-refractivity contribution >= 4 is 47.8 Å². The maximum absolute atomic E-state index is 12.3. The number of carbonyl (C=O) groups is 8. The maximum atomic E-state index is 12.3.